The molecule has 0 amide bonds. The first-order valence-corrected chi connectivity index (χ1v) is 7.97. The van der Waals surface area contributed by atoms with Gasteiger partial charge in [0.05, 0.1) is 10.0 Å². The minimum atomic E-state index is 0. The Bertz CT molecular complexity index is 692. The van der Waals surface area contributed by atoms with Crippen molar-refractivity contribution in [1.29, 1.82) is 0 Å². The van der Waals surface area contributed by atoms with Gasteiger partial charge in [0.1, 0.15) is 6.54 Å². The van der Waals surface area contributed by atoms with Crippen molar-refractivity contribution in [2.24, 2.45) is 4.99 Å². The third-order valence-corrected chi connectivity index (χ3v) is 3.78. The summed E-state index contributed by atoms with van der Waals surface area (Å²) in [7, 11) is 1.95. The molecule has 1 aromatic heterocycles. The topological polar surface area (TPSA) is 66.5 Å². The number of benzene rings is 1. The van der Waals surface area contributed by atoms with E-state index >= 15 is 0 Å². The lowest BCUT2D eigenvalue weighted by Gasteiger charge is -2.22. The summed E-state index contributed by atoms with van der Waals surface area (Å²) in [6.07, 6.45) is 0. The van der Waals surface area contributed by atoms with E-state index in [1.54, 1.807) is 13.0 Å². The summed E-state index contributed by atoms with van der Waals surface area (Å²) < 4.78 is 4.95. The predicted molar refractivity (Wildman–Crippen MR) is 107 cm³/mol. The third-order valence-electron chi connectivity index (χ3n) is 3.04. The minimum Gasteiger partial charge on any atom is -0.357 e. The molecule has 1 heterocycles. The molecule has 24 heavy (non-hydrogen) atoms. The van der Waals surface area contributed by atoms with Gasteiger partial charge in [-0.1, -0.05) is 34.4 Å². The van der Waals surface area contributed by atoms with Gasteiger partial charge in [0.2, 0.25) is 5.89 Å². The van der Waals surface area contributed by atoms with Crippen LogP contribution >= 0.6 is 47.2 Å². The van der Waals surface area contributed by atoms with Crippen molar-refractivity contribution in [1.82, 2.24) is 20.4 Å². The van der Waals surface area contributed by atoms with E-state index in [0.29, 0.717) is 34.8 Å². The van der Waals surface area contributed by atoms with Crippen LogP contribution in [0, 0.1) is 6.92 Å². The summed E-state index contributed by atoms with van der Waals surface area (Å²) in [6.45, 7) is 5.53. The molecule has 0 fully saturated rings. The van der Waals surface area contributed by atoms with Gasteiger partial charge in [-0.25, -0.2) is 4.99 Å². The number of halogens is 3. The summed E-state index contributed by atoms with van der Waals surface area (Å²) in [5.74, 6) is 1.84. The van der Waals surface area contributed by atoms with Gasteiger partial charge in [0, 0.05) is 27.1 Å². The molecule has 0 saturated carbocycles. The van der Waals surface area contributed by atoms with Gasteiger partial charge >= 0.3 is 0 Å². The normalized spacial score (nSPS) is 11.1. The van der Waals surface area contributed by atoms with E-state index in [4.69, 9.17) is 27.7 Å². The monoisotopic (exact) mass is 483 g/mol. The smallest absolute Gasteiger partial charge is 0.223 e. The van der Waals surface area contributed by atoms with Crippen LogP contribution in [-0.4, -0.2) is 34.6 Å². The Morgan fingerprint density at radius 3 is 2.67 bits per heavy atom. The Morgan fingerprint density at radius 2 is 2.08 bits per heavy atom. The van der Waals surface area contributed by atoms with Gasteiger partial charge in [0.15, 0.2) is 11.8 Å². The number of hydrogen-bond donors (Lipinski definition) is 1. The molecule has 6 nitrogen and oxygen atoms in total. The lowest BCUT2D eigenvalue weighted by atomic mass is 10.2. The highest BCUT2D eigenvalue weighted by atomic mass is 127. The highest BCUT2D eigenvalue weighted by Crippen LogP contribution is 2.23. The van der Waals surface area contributed by atoms with E-state index in [-0.39, 0.29) is 24.0 Å². The van der Waals surface area contributed by atoms with E-state index in [9.17, 15) is 0 Å². The van der Waals surface area contributed by atoms with Crippen LogP contribution < -0.4 is 5.32 Å². The van der Waals surface area contributed by atoms with E-state index in [0.717, 1.165) is 18.1 Å². The molecule has 0 saturated heterocycles. The molecule has 1 aromatic carbocycles. The predicted octanol–water partition coefficient (Wildman–Crippen LogP) is 3.90. The van der Waals surface area contributed by atoms with Gasteiger partial charge in [-0.3, -0.25) is 0 Å². The average molecular weight is 484 g/mol. The van der Waals surface area contributed by atoms with Crippen molar-refractivity contribution in [3.05, 3.63) is 45.5 Å². The molecule has 0 unspecified atom stereocenters. The Kier molecular flexibility index (Phi) is 8.79. The van der Waals surface area contributed by atoms with Crippen molar-refractivity contribution in [2.75, 3.05) is 13.6 Å². The molecule has 9 heteroatoms. The third kappa shape index (κ3) is 6.10. The second kappa shape index (κ2) is 10.0. The standard InChI is InChI=1S/C15H19Cl2N5O.HI/c1-4-18-15(19-8-14-20-10(2)23-21-14)22(3)9-11-5-6-12(16)13(17)7-11;/h5-7H,4,8-9H2,1-3H3,(H,18,19);1H. The molecule has 2 aromatic rings. The van der Waals surface area contributed by atoms with Crippen LogP contribution in [0.5, 0.6) is 0 Å². The Morgan fingerprint density at radius 1 is 1.33 bits per heavy atom. The Balaban J connectivity index is 0.00000288. The molecule has 0 spiro atoms. The summed E-state index contributed by atoms with van der Waals surface area (Å²) in [6, 6.07) is 5.59. The van der Waals surface area contributed by atoms with Gasteiger partial charge in [-0.2, -0.15) is 4.98 Å². The van der Waals surface area contributed by atoms with E-state index in [1.165, 1.54) is 0 Å². The van der Waals surface area contributed by atoms with Gasteiger partial charge < -0.3 is 14.7 Å². The van der Waals surface area contributed by atoms with Crippen LogP contribution in [0.2, 0.25) is 10.0 Å². The number of aromatic nitrogens is 2. The summed E-state index contributed by atoms with van der Waals surface area (Å²) in [5, 5.41) is 8.17. The number of aliphatic imine (C=N–C) groups is 1. The number of aryl methyl sites for hydroxylation is 1. The summed E-state index contributed by atoms with van der Waals surface area (Å²) >= 11 is 12.0. The van der Waals surface area contributed by atoms with Crippen LogP contribution in [0.1, 0.15) is 24.2 Å². The minimum absolute atomic E-state index is 0. The van der Waals surface area contributed by atoms with Crippen molar-refractivity contribution >= 4 is 53.1 Å². The Labute approximate surface area is 168 Å². The fourth-order valence-electron chi connectivity index (χ4n) is 2.01. The quantitative estimate of drug-likeness (QED) is 0.397. The zero-order valence-corrected chi connectivity index (χ0v) is 17.6. The molecular formula is C15H20Cl2IN5O. The number of nitrogens with one attached hydrogen (secondary N) is 1. The molecule has 132 valence electrons. The number of guanidine groups is 1. The highest BCUT2D eigenvalue weighted by molar-refractivity contribution is 14.0. The number of hydrogen-bond acceptors (Lipinski definition) is 4. The van der Waals surface area contributed by atoms with E-state index in [2.05, 4.69) is 20.4 Å². The van der Waals surface area contributed by atoms with Crippen LogP contribution in [0.15, 0.2) is 27.7 Å². The fraction of sp³-hybridized carbons (Fsp3) is 0.400. The van der Waals surface area contributed by atoms with Crippen LogP contribution in [-0.2, 0) is 13.1 Å². The molecule has 2 rings (SSSR count). The average Bonchev–Trinajstić information content (AvgIpc) is 2.92. The van der Waals surface area contributed by atoms with Crippen molar-refractivity contribution in [3.8, 4) is 0 Å². The van der Waals surface area contributed by atoms with Gasteiger partial charge in [-0.05, 0) is 24.6 Å². The maximum atomic E-state index is 6.06. The zero-order chi connectivity index (χ0) is 16.8. The maximum absolute atomic E-state index is 6.06. The lowest BCUT2D eigenvalue weighted by molar-refractivity contribution is 0.387. The fourth-order valence-corrected chi connectivity index (χ4v) is 2.33. The largest absolute Gasteiger partial charge is 0.357 e. The molecule has 0 aliphatic rings. The number of rotatable bonds is 5. The first-order chi connectivity index (χ1) is 11.0. The molecule has 1 N–H and O–H groups in total. The van der Waals surface area contributed by atoms with Crippen LogP contribution in [0.3, 0.4) is 0 Å². The van der Waals surface area contributed by atoms with Crippen molar-refractivity contribution in [2.45, 2.75) is 26.9 Å². The molecule has 0 radical (unpaired) electrons. The van der Waals surface area contributed by atoms with E-state index < -0.39 is 0 Å². The van der Waals surface area contributed by atoms with Gasteiger partial charge in [-0.15, -0.1) is 24.0 Å². The lowest BCUT2D eigenvalue weighted by Crippen LogP contribution is -2.38. The molecule has 0 bridgehead atoms. The summed E-state index contributed by atoms with van der Waals surface area (Å²) in [4.78, 5) is 10.7. The van der Waals surface area contributed by atoms with Crippen LogP contribution in [0.25, 0.3) is 0 Å². The van der Waals surface area contributed by atoms with Crippen molar-refractivity contribution in [3.63, 3.8) is 0 Å². The second-order valence-corrected chi connectivity index (χ2v) is 5.82. The molecule has 0 aliphatic heterocycles. The Hall–Kier alpha value is -1.06. The maximum Gasteiger partial charge on any atom is 0.223 e. The SMILES string of the molecule is CCNC(=NCc1noc(C)n1)N(C)Cc1ccc(Cl)c(Cl)c1.I. The summed E-state index contributed by atoms with van der Waals surface area (Å²) in [5.41, 5.74) is 1.04. The molecular weight excluding hydrogens is 464 g/mol. The second-order valence-electron chi connectivity index (χ2n) is 5.00. The highest BCUT2D eigenvalue weighted by Gasteiger charge is 2.09. The zero-order valence-electron chi connectivity index (χ0n) is 13.7. The van der Waals surface area contributed by atoms with Crippen molar-refractivity contribution < 1.29 is 4.52 Å². The first kappa shape index (κ1) is 21.0. The van der Waals surface area contributed by atoms with Crippen LogP contribution in [0.4, 0.5) is 0 Å². The molecule has 0 atom stereocenters. The first-order valence-electron chi connectivity index (χ1n) is 7.22. The molecule has 0 aliphatic carbocycles. The van der Waals surface area contributed by atoms with Gasteiger partial charge in [0.25, 0.3) is 0 Å². The van der Waals surface area contributed by atoms with E-state index in [1.807, 2.05) is 31.0 Å². The number of nitrogens with zero attached hydrogens (tertiary/aromatic N) is 4.